The van der Waals surface area contributed by atoms with Crippen LogP contribution in [-0.4, -0.2) is 53.0 Å². The highest BCUT2D eigenvalue weighted by Crippen LogP contribution is 2.21. The first-order chi connectivity index (χ1) is 9.40. The van der Waals surface area contributed by atoms with E-state index < -0.39 is 12.1 Å². The summed E-state index contributed by atoms with van der Waals surface area (Å²) in [6.07, 6.45) is -1.58. The van der Waals surface area contributed by atoms with Crippen LogP contribution in [0.2, 0.25) is 0 Å². The Kier molecular flexibility index (Phi) is 3.71. The number of hydrogen-bond donors (Lipinski definition) is 2. The van der Waals surface area contributed by atoms with Crippen molar-refractivity contribution in [2.45, 2.75) is 6.10 Å². The van der Waals surface area contributed by atoms with E-state index >= 15 is 0 Å². The molecule has 0 aliphatic carbocycles. The minimum Gasteiger partial charge on any atom is -0.479 e. The Balaban J connectivity index is 2.16. The number of benzene rings is 1. The fourth-order valence-electron chi connectivity index (χ4n) is 1.93. The lowest BCUT2D eigenvalue weighted by Gasteiger charge is -2.32. The van der Waals surface area contributed by atoms with Gasteiger partial charge in [0, 0.05) is 12.7 Å². The molecular formula is C13H14N2O5. The number of aliphatic hydroxyl groups excluding tert-OH is 1. The van der Waals surface area contributed by atoms with Crippen LogP contribution >= 0.6 is 0 Å². The second-order valence-corrected chi connectivity index (χ2v) is 4.53. The number of carboxylic acid groups (broad SMARTS) is 1. The van der Waals surface area contributed by atoms with Crippen molar-refractivity contribution in [1.29, 1.82) is 0 Å². The molecule has 7 nitrogen and oxygen atoms in total. The summed E-state index contributed by atoms with van der Waals surface area (Å²) < 4.78 is 0. The highest BCUT2D eigenvalue weighted by Gasteiger charge is 2.28. The number of piperazine rings is 1. The van der Waals surface area contributed by atoms with Crippen molar-refractivity contribution in [3.8, 4) is 0 Å². The SMILES string of the molecule is CN1C(=O)CN(c2ccc(C(O)C(=O)O)cc2)CC1=O. The van der Waals surface area contributed by atoms with Gasteiger partial charge >= 0.3 is 5.97 Å². The smallest absolute Gasteiger partial charge is 0.337 e. The van der Waals surface area contributed by atoms with Crippen LogP contribution in [0.1, 0.15) is 11.7 Å². The molecule has 1 fully saturated rings. The Hall–Kier alpha value is -2.41. The van der Waals surface area contributed by atoms with E-state index in [1.54, 1.807) is 17.0 Å². The van der Waals surface area contributed by atoms with Gasteiger partial charge in [-0.15, -0.1) is 0 Å². The first-order valence-electron chi connectivity index (χ1n) is 5.95. The Bertz CT molecular complexity index is 536. The monoisotopic (exact) mass is 278 g/mol. The van der Waals surface area contributed by atoms with Crippen LogP contribution in [0, 0.1) is 0 Å². The maximum absolute atomic E-state index is 11.6. The molecule has 2 rings (SSSR count). The Morgan fingerprint density at radius 1 is 1.15 bits per heavy atom. The zero-order valence-corrected chi connectivity index (χ0v) is 10.8. The van der Waals surface area contributed by atoms with Crippen molar-refractivity contribution in [3.63, 3.8) is 0 Å². The minimum absolute atomic E-state index is 0.0864. The van der Waals surface area contributed by atoms with E-state index in [1.807, 2.05) is 0 Å². The molecule has 1 aromatic rings. The number of carbonyl (C=O) groups is 3. The maximum atomic E-state index is 11.6. The first-order valence-corrected chi connectivity index (χ1v) is 5.95. The molecule has 0 spiro atoms. The van der Waals surface area contributed by atoms with Gasteiger partial charge in [-0.1, -0.05) is 12.1 Å². The number of amides is 2. The number of anilines is 1. The van der Waals surface area contributed by atoms with E-state index in [-0.39, 0.29) is 30.5 Å². The quantitative estimate of drug-likeness (QED) is 0.731. The van der Waals surface area contributed by atoms with Gasteiger partial charge in [-0.05, 0) is 17.7 Å². The molecule has 1 atom stereocenters. The molecule has 1 saturated heterocycles. The normalized spacial score (nSPS) is 17.3. The molecule has 0 radical (unpaired) electrons. The van der Waals surface area contributed by atoms with Crippen LogP contribution in [0.4, 0.5) is 5.69 Å². The lowest BCUT2D eigenvalue weighted by atomic mass is 10.1. The zero-order chi connectivity index (χ0) is 14.9. The average Bonchev–Trinajstić information content (AvgIpc) is 2.43. The summed E-state index contributed by atoms with van der Waals surface area (Å²) >= 11 is 0. The third kappa shape index (κ3) is 2.62. The highest BCUT2D eigenvalue weighted by atomic mass is 16.4. The van der Waals surface area contributed by atoms with Crippen LogP contribution in [0.3, 0.4) is 0 Å². The van der Waals surface area contributed by atoms with E-state index in [2.05, 4.69) is 0 Å². The van der Waals surface area contributed by atoms with Gasteiger partial charge < -0.3 is 15.1 Å². The molecule has 20 heavy (non-hydrogen) atoms. The molecule has 2 N–H and O–H groups in total. The number of carboxylic acids is 1. The number of nitrogens with zero attached hydrogens (tertiary/aromatic N) is 2. The molecule has 0 bridgehead atoms. The van der Waals surface area contributed by atoms with Crippen molar-refractivity contribution < 1.29 is 24.6 Å². The van der Waals surface area contributed by atoms with Crippen LogP contribution < -0.4 is 4.90 Å². The molecule has 7 heteroatoms. The second kappa shape index (κ2) is 5.30. The van der Waals surface area contributed by atoms with E-state index in [0.29, 0.717) is 5.69 Å². The highest BCUT2D eigenvalue weighted by molar-refractivity contribution is 6.02. The van der Waals surface area contributed by atoms with Gasteiger partial charge in [0.1, 0.15) is 0 Å². The molecule has 1 aromatic carbocycles. The summed E-state index contributed by atoms with van der Waals surface area (Å²) in [6, 6.07) is 6.07. The molecule has 1 unspecified atom stereocenters. The van der Waals surface area contributed by atoms with Gasteiger partial charge in [0.2, 0.25) is 11.8 Å². The first kappa shape index (κ1) is 14.0. The van der Waals surface area contributed by atoms with E-state index in [1.165, 1.54) is 19.2 Å². The number of imide groups is 1. The summed E-state index contributed by atoms with van der Waals surface area (Å²) in [5.74, 6) is -1.92. The minimum atomic E-state index is -1.58. The number of aliphatic carboxylic acids is 1. The Labute approximate surface area is 115 Å². The molecule has 106 valence electrons. The fourth-order valence-corrected chi connectivity index (χ4v) is 1.93. The lowest BCUT2D eigenvalue weighted by molar-refractivity contribution is -0.147. The molecule has 0 aromatic heterocycles. The predicted octanol–water partition coefficient (Wildman–Crippen LogP) is -0.390. The molecule has 1 aliphatic heterocycles. The van der Waals surface area contributed by atoms with E-state index in [9.17, 15) is 19.5 Å². The van der Waals surface area contributed by atoms with Crippen LogP contribution in [0.5, 0.6) is 0 Å². The Morgan fingerprint density at radius 2 is 1.65 bits per heavy atom. The van der Waals surface area contributed by atoms with E-state index in [0.717, 1.165) is 4.90 Å². The van der Waals surface area contributed by atoms with Gasteiger partial charge in [-0.25, -0.2) is 4.79 Å². The number of likely N-dealkylation sites (N-methyl/N-ethyl adjacent to an activating group) is 1. The number of carbonyl (C=O) groups excluding carboxylic acids is 2. The third-order valence-electron chi connectivity index (χ3n) is 3.21. The summed E-state index contributed by atoms with van der Waals surface area (Å²) in [4.78, 5) is 36.5. The second-order valence-electron chi connectivity index (χ2n) is 4.53. The molecule has 1 aliphatic rings. The molecular weight excluding hydrogens is 264 g/mol. The number of aliphatic hydroxyl groups is 1. The van der Waals surface area contributed by atoms with Gasteiger partial charge in [-0.3, -0.25) is 14.5 Å². The fraction of sp³-hybridized carbons (Fsp3) is 0.308. The zero-order valence-electron chi connectivity index (χ0n) is 10.8. The van der Waals surface area contributed by atoms with Crippen molar-refractivity contribution in [2.24, 2.45) is 0 Å². The predicted molar refractivity (Wildman–Crippen MR) is 69.0 cm³/mol. The average molecular weight is 278 g/mol. The summed E-state index contributed by atoms with van der Waals surface area (Å²) in [5, 5.41) is 18.1. The number of rotatable bonds is 3. The van der Waals surface area contributed by atoms with Crippen LogP contribution in [0.15, 0.2) is 24.3 Å². The molecule has 1 heterocycles. The summed E-state index contributed by atoms with van der Waals surface area (Å²) in [6.45, 7) is 0.173. The van der Waals surface area contributed by atoms with Crippen LogP contribution in [-0.2, 0) is 14.4 Å². The van der Waals surface area contributed by atoms with Crippen molar-refractivity contribution in [3.05, 3.63) is 29.8 Å². The van der Waals surface area contributed by atoms with Gasteiger partial charge in [0.25, 0.3) is 0 Å². The largest absolute Gasteiger partial charge is 0.479 e. The lowest BCUT2D eigenvalue weighted by Crippen LogP contribution is -2.52. The molecule has 2 amide bonds. The van der Waals surface area contributed by atoms with Gasteiger partial charge in [0.05, 0.1) is 13.1 Å². The van der Waals surface area contributed by atoms with Crippen molar-refractivity contribution >= 4 is 23.5 Å². The van der Waals surface area contributed by atoms with E-state index in [4.69, 9.17) is 5.11 Å². The third-order valence-corrected chi connectivity index (χ3v) is 3.21. The van der Waals surface area contributed by atoms with Crippen molar-refractivity contribution in [2.75, 3.05) is 25.0 Å². The molecule has 0 saturated carbocycles. The summed E-state index contributed by atoms with van der Waals surface area (Å²) in [5.41, 5.74) is 0.870. The standard InChI is InChI=1S/C13H14N2O5/c1-14-10(16)6-15(7-11(14)17)9-4-2-8(3-5-9)12(18)13(19)20/h2-5,12,18H,6-7H2,1H3,(H,19,20). The topological polar surface area (TPSA) is 98.2 Å². The van der Waals surface area contributed by atoms with Crippen LogP contribution in [0.25, 0.3) is 0 Å². The number of hydrogen-bond acceptors (Lipinski definition) is 5. The summed E-state index contributed by atoms with van der Waals surface area (Å²) in [7, 11) is 1.44. The Morgan fingerprint density at radius 3 is 2.10 bits per heavy atom. The van der Waals surface area contributed by atoms with Gasteiger partial charge in [-0.2, -0.15) is 0 Å². The van der Waals surface area contributed by atoms with Gasteiger partial charge in [0.15, 0.2) is 6.10 Å². The maximum Gasteiger partial charge on any atom is 0.337 e. The van der Waals surface area contributed by atoms with Crippen molar-refractivity contribution in [1.82, 2.24) is 4.90 Å².